The maximum absolute atomic E-state index is 5.87. The Bertz CT molecular complexity index is 259. The Morgan fingerprint density at radius 1 is 1.47 bits per heavy atom. The Kier molecular flexibility index (Phi) is 4.85. The highest BCUT2D eigenvalue weighted by Crippen LogP contribution is 2.16. The minimum absolute atomic E-state index is 0.108. The van der Waals surface area contributed by atoms with Gasteiger partial charge in [0.2, 0.25) is 0 Å². The maximum atomic E-state index is 5.87. The summed E-state index contributed by atoms with van der Waals surface area (Å²) >= 11 is 0. The summed E-state index contributed by atoms with van der Waals surface area (Å²) in [7, 11) is 0. The fraction of sp³-hybridized carbons (Fsp3) is 0.667. The van der Waals surface area contributed by atoms with Crippen LogP contribution in [0.15, 0.2) is 22.8 Å². The zero-order valence-electron chi connectivity index (χ0n) is 9.88. The van der Waals surface area contributed by atoms with Crippen molar-refractivity contribution in [2.45, 2.75) is 39.4 Å². The largest absolute Gasteiger partial charge is 0.467 e. The lowest BCUT2D eigenvalue weighted by atomic mass is 10.0. The molecule has 3 heteroatoms. The number of nitrogens with one attached hydrogen (secondary N) is 1. The van der Waals surface area contributed by atoms with E-state index in [9.17, 15) is 0 Å². The molecule has 0 amide bonds. The molecule has 0 radical (unpaired) electrons. The van der Waals surface area contributed by atoms with E-state index in [0.29, 0.717) is 6.61 Å². The van der Waals surface area contributed by atoms with E-state index in [0.717, 1.165) is 25.3 Å². The van der Waals surface area contributed by atoms with Crippen LogP contribution in [-0.2, 0) is 11.3 Å². The number of hydrogen-bond donors (Lipinski definition) is 1. The van der Waals surface area contributed by atoms with Gasteiger partial charge in [-0.15, -0.1) is 0 Å². The van der Waals surface area contributed by atoms with Crippen molar-refractivity contribution in [1.82, 2.24) is 5.32 Å². The zero-order valence-corrected chi connectivity index (χ0v) is 9.88. The second-order valence-electron chi connectivity index (χ2n) is 3.95. The van der Waals surface area contributed by atoms with Crippen molar-refractivity contribution in [3.05, 3.63) is 24.2 Å². The van der Waals surface area contributed by atoms with Crippen molar-refractivity contribution in [3.63, 3.8) is 0 Å². The predicted octanol–water partition coefficient (Wildman–Crippen LogP) is 2.57. The fourth-order valence-electron chi connectivity index (χ4n) is 1.31. The molecule has 1 aromatic rings. The second kappa shape index (κ2) is 5.93. The van der Waals surface area contributed by atoms with Gasteiger partial charge in [0.25, 0.3) is 0 Å². The molecular formula is C12H21NO2. The molecular weight excluding hydrogens is 190 g/mol. The highest BCUT2D eigenvalue weighted by molar-refractivity contribution is 4.96. The number of rotatable bonds is 7. The maximum Gasteiger partial charge on any atom is 0.129 e. The van der Waals surface area contributed by atoms with Gasteiger partial charge in [-0.25, -0.2) is 0 Å². The second-order valence-corrected chi connectivity index (χ2v) is 3.95. The van der Waals surface area contributed by atoms with Crippen LogP contribution in [0, 0.1) is 0 Å². The average Bonchev–Trinajstić information content (AvgIpc) is 2.76. The molecule has 1 atom stereocenters. The van der Waals surface area contributed by atoms with Gasteiger partial charge in [-0.3, -0.25) is 0 Å². The van der Waals surface area contributed by atoms with Gasteiger partial charge in [0.1, 0.15) is 12.4 Å². The molecule has 0 bridgehead atoms. The smallest absolute Gasteiger partial charge is 0.129 e. The Hall–Kier alpha value is -0.800. The fourth-order valence-corrected chi connectivity index (χ4v) is 1.31. The molecule has 0 aliphatic rings. The summed E-state index contributed by atoms with van der Waals surface area (Å²) in [6.07, 6.45) is 2.66. The Morgan fingerprint density at radius 3 is 2.80 bits per heavy atom. The van der Waals surface area contributed by atoms with Crippen LogP contribution in [0.1, 0.15) is 33.0 Å². The van der Waals surface area contributed by atoms with Crippen molar-refractivity contribution in [3.8, 4) is 0 Å². The third kappa shape index (κ3) is 4.06. The van der Waals surface area contributed by atoms with Crippen LogP contribution in [0.5, 0.6) is 0 Å². The van der Waals surface area contributed by atoms with E-state index in [2.05, 4.69) is 26.1 Å². The van der Waals surface area contributed by atoms with Gasteiger partial charge >= 0.3 is 0 Å². The van der Waals surface area contributed by atoms with Gasteiger partial charge in [0.05, 0.1) is 11.9 Å². The quantitative estimate of drug-likeness (QED) is 0.752. The van der Waals surface area contributed by atoms with Crippen molar-refractivity contribution in [2.24, 2.45) is 0 Å². The van der Waals surface area contributed by atoms with E-state index in [4.69, 9.17) is 9.15 Å². The number of likely N-dealkylation sites (N-methyl/N-ethyl adjacent to an activating group) is 1. The number of hydrogen-bond acceptors (Lipinski definition) is 3. The Balaban J connectivity index is 2.38. The molecule has 1 heterocycles. The summed E-state index contributed by atoms with van der Waals surface area (Å²) in [6, 6.07) is 3.82. The third-order valence-electron chi connectivity index (χ3n) is 2.64. The molecule has 0 fully saturated rings. The zero-order chi connectivity index (χ0) is 11.1. The van der Waals surface area contributed by atoms with E-state index in [1.54, 1.807) is 6.26 Å². The van der Waals surface area contributed by atoms with Gasteiger partial charge < -0.3 is 14.5 Å². The molecule has 0 aliphatic carbocycles. The molecule has 1 N–H and O–H groups in total. The molecule has 0 aliphatic heterocycles. The van der Waals surface area contributed by atoms with E-state index < -0.39 is 0 Å². The molecule has 1 aromatic heterocycles. The van der Waals surface area contributed by atoms with Crippen LogP contribution >= 0.6 is 0 Å². The molecule has 3 nitrogen and oxygen atoms in total. The van der Waals surface area contributed by atoms with Crippen LogP contribution in [0.4, 0.5) is 0 Å². The Morgan fingerprint density at radius 2 is 2.27 bits per heavy atom. The third-order valence-corrected chi connectivity index (χ3v) is 2.64. The summed E-state index contributed by atoms with van der Waals surface area (Å²) in [5.41, 5.74) is -0.108. The summed E-state index contributed by atoms with van der Waals surface area (Å²) in [6.45, 7) is 8.75. The molecule has 0 spiro atoms. The lowest BCUT2D eigenvalue weighted by Gasteiger charge is -2.28. The molecule has 86 valence electrons. The Labute approximate surface area is 91.8 Å². The van der Waals surface area contributed by atoms with Crippen LogP contribution < -0.4 is 5.32 Å². The lowest BCUT2D eigenvalue weighted by molar-refractivity contribution is -0.0502. The van der Waals surface area contributed by atoms with Crippen molar-refractivity contribution in [1.29, 1.82) is 0 Å². The van der Waals surface area contributed by atoms with Crippen molar-refractivity contribution >= 4 is 0 Å². The first-order valence-corrected chi connectivity index (χ1v) is 5.57. The van der Waals surface area contributed by atoms with Crippen LogP contribution in [0.2, 0.25) is 0 Å². The van der Waals surface area contributed by atoms with E-state index >= 15 is 0 Å². The van der Waals surface area contributed by atoms with Crippen molar-refractivity contribution in [2.75, 3.05) is 13.1 Å². The van der Waals surface area contributed by atoms with E-state index in [-0.39, 0.29) is 5.60 Å². The van der Waals surface area contributed by atoms with Gasteiger partial charge in [0.15, 0.2) is 0 Å². The molecule has 0 aromatic carbocycles. The summed E-state index contributed by atoms with van der Waals surface area (Å²) in [5, 5.41) is 3.31. The van der Waals surface area contributed by atoms with Crippen LogP contribution in [-0.4, -0.2) is 18.7 Å². The van der Waals surface area contributed by atoms with Crippen LogP contribution in [0.3, 0.4) is 0 Å². The molecule has 0 saturated carbocycles. The summed E-state index contributed by atoms with van der Waals surface area (Å²) in [5.74, 6) is 0.881. The molecule has 1 unspecified atom stereocenters. The average molecular weight is 211 g/mol. The minimum atomic E-state index is -0.108. The summed E-state index contributed by atoms with van der Waals surface area (Å²) < 4.78 is 11.1. The van der Waals surface area contributed by atoms with Crippen molar-refractivity contribution < 1.29 is 9.15 Å². The van der Waals surface area contributed by atoms with E-state index in [1.807, 2.05) is 12.1 Å². The molecule has 0 saturated heterocycles. The highest BCUT2D eigenvalue weighted by Gasteiger charge is 2.22. The SMILES string of the molecule is CCNCC(C)(CC)OCc1ccco1. The molecule has 15 heavy (non-hydrogen) atoms. The highest BCUT2D eigenvalue weighted by atomic mass is 16.5. The monoisotopic (exact) mass is 211 g/mol. The first-order chi connectivity index (χ1) is 7.20. The molecule has 1 rings (SSSR count). The number of ether oxygens (including phenoxy) is 1. The predicted molar refractivity (Wildman–Crippen MR) is 60.7 cm³/mol. The number of furan rings is 1. The first kappa shape index (κ1) is 12.3. The van der Waals surface area contributed by atoms with Gasteiger partial charge in [-0.1, -0.05) is 13.8 Å². The first-order valence-electron chi connectivity index (χ1n) is 5.57. The lowest BCUT2D eigenvalue weighted by Crippen LogP contribution is -2.39. The van der Waals surface area contributed by atoms with Gasteiger partial charge in [0, 0.05) is 6.54 Å². The normalized spacial score (nSPS) is 15.1. The minimum Gasteiger partial charge on any atom is -0.467 e. The van der Waals surface area contributed by atoms with Gasteiger partial charge in [-0.2, -0.15) is 0 Å². The summed E-state index contributed by atoms with van der Waals surface area (Å²) in [4.78, 5) is 0. The topological polar surface area (TPSA) is 34.4 Å². The standard InChI is InChI=1S/C12H21NO2/c1-4-12(3,10-13-5-2)15-9-11-7-6-8-14-11/h6-8,13H,4-5,9-10H2,1-3H3. The van der Waals surface area contributed by atoms with E-state index in [1.165, 1.54) is 0 Å². The van der Waals surface area contributed by atoms with Gasteiger partial charge in [-0.05, 0) is 32.0 Å². The van der Waals surface area contributed by atoms with Crippen LogP contribution in [0.25, 0.3) is 0 Å².